The van der Waals surface area contributed by atoms with Gasteiger partial charge in [-0.2, -0.15) is 0 Å². The fourth-order valence-corrected chi connectivity index (χ4v) is 3.02. The molecule has 0 saturated carbocycles. The summed E-state index contributed by atoms with van der Waals surface area (Å²) in [6.45, 7) is 2.07. The third-order valence-electron chi connectivity index (χ3n) is 2.90. The van der Waals surface area contributed by atoms with Crippen molar-refractivity contribution >= 4 is 11.3 Å². The summed E-state index contributed by atoms with van der Waals surface area (Å²) in [5.74, 6) is 0. The Labute approximate surface area is 104 Å². The SMILES string of the molecule is NCc1cccc(-c2nc3c(s2)COCC3)c1. The molecule has 0 radical (unpaired) electrons. The maximum atomic E-state index is 5.66. The Balaban J connectivity index is 2.00. The van der Waals surface area contributed by atoms with Gasteiger partial charge in [0, 0.05) is 18.5 Å². The lowest BCUT2D eigenvalue weighted by molar-refractivity contribution is 0.112. The van der Waals surface area contributed by atoms with Gasteiger partial charge in [-0.3, -0.25) is 0 Å². The average molecular weight is 246 g/mol. The first-order valence-corrected chi connectivity index (χ1v) is 6.54. The summed E-state index contributed by atoms with van der Waals surface area (Å²) in [5.41, 5.74) is 9.17. The molecule has 0 amide bonds. The molecule has 0 atom stereocenters. The zero-order valence-electron chi connectivity index (χ0n) is 9.48. The Kier molecular flexibility index (Phi) is 2.93. The molecule has 17 heavy (non-hydrogen) atoms. The molecule has 0 aliphatic carbocycles. The summed E-state index contributed by atoms with van der Waals surface area (Å²) in [4.78, 5) is 5.96. The molecule has 0 unspecified atom stereocenters. The molecule has 2 N–H and O–H groups in total. The first-order valence-electron chi connectivity index (χ1n) is 5.72. The number of ether oxygens (including phenoxy) is 1. The number of hydrogen-bond acceptors (Lipinski definition) is 4. The molecule has 4 heteroatoms. The van der Waals surface area contributed by atoms with Crippen LogP contribution in [0, 0.1) is 0 Å². The molecular formula is C13H14N2OS. The molecule has 1 aromatic heterocycles. The number of nitrogens with two attached hydrogens (primary N) is 1. The standard InChI is InChI=1S/C13H14N2OS/c14-7-9-2-1-3-10(6-9)13-15-11-4-5-16-8-12(11)17-13/h1-3,6H,4-5,7-8,14H2. The molecule has 88 valence electrons. The minimum atomic E-state index is 0.571. The van der Waals surface area contributed by atoms with Crippen LogP contribution in [-0.2, 0) is 24.3 Å². The number of hydrogen-bond donors (Lipinski definition) is 1. The first kappa shape index (κ1) is 10.9. The van der Waals surface area contributed by atoms with E-state index in [1.807, 2.05) is 12.1 Å². The summed E-state index contributed by atoms with van der Waals surface area (Å²) < 4.78 is 5.44. The number of thiazole rings is 1. The highest BCUT2D eigenvalue weighted by Gasteiger charge is 2.16. The molecule has 2 heterocycles. The van der Waals surface area contributed by atoms with E-state index < -0.39 is 0 Å². The monoisotopic (exact) mass is 246 g/mol. The van der Waals surface area contributed by atoms with Gasteiger partial charge in [0.05, 0.1) is 23.8 Å². The molecule has 1 aliphatic heterocycles. The molecular weight excluding hydrogens is 232 g/mol. The van der Waals surface area contributed by atoms with Crippen molar-refractivity contribution in [2.45, 2.75) is 19.6 Å². The van der Waals surface area contributed by atoms with Crippen molar-refractivity contribution in [1.82, 2.24) is 4.98 Å². The fourth-order valence-electron chi connectivity index (χ4n) is 1.98. The Morgan fingerprint density at radius 2 is 2.35 bits per heavy atom. The zero-order valence-corrected chi connectivity index (χ0v) is 10.3. The maximum Gasteiger partial charge on any atom is 0.123 e. The van der Waals surface area contributed by atoms with E-state index in [4.69, 9.17) is 15.5 Å². The van der Waals surface area contributed by atoms with Crippen molar-refractivity contribution in [2.75, 3.05) is 6.61 Å². The molecule has 0 fully saturated rings. The third-order valence-corrected chi connectivity index (χ3v) is 4.02. The van der Waals surface area contributed by atoms with E-state index in [9.17, 15) is 0 Å². The van der Waals surface area contributed by atoms with E-state index in [2.05, 4.69) is 12.1 Å². The van der Waals surface area contributed by atoms with E-state index in [0.717, 1.165) is 29.2 Å². The van der Waals surface area contributed by atoms with E-state index in [-0.39, 0.29) is 0 Å². The van der Waals surface area contributed by atoms with Crippen LogP contribution in [-0.4, -0.2) is 11.6 Å². The zero-order chi connectivity index (χ0) is 11.7. The smallest absolute Gasteiger partial charge is 0.123 e. The Bertz CT molecular complexity index is 512. The van der Waals surface area contributed by atoms with Crippen LogP contribution in [0.3, 0.4) is 0 Å². The predicted octanol–water partition coefficient (Wildman–Crippen LogP) is 2.34. The van der Waals surface area contributed by atoms with Crippen LogP contribution in [0.4, 0.5) is 0 Å². The molecule has 0 bridgehead atoms. The van der Waals surface area contributed by atoms with Crippen molar-refractivity contribution in [3.63, 3.8) is 0 Å². The molecule has 3 rings (SSSR count). The Hall–Kier alpha value is -1.23. The van der Waals surface area contributed by atoms with Crippen molar-refractivity contribution < 1.29 is 4.74 Å². The minimum absolute atomic E-state index is 0.571. The summed E-state index contributed by atoms with van der Waals surface area (Å²) in [7, 11) is 0. The van der Waals surface area contributed by atoms with Gasteiger partial charge in [-0.05, 0) is 11.6 Å². The van der Waals surface area contributed by atoms with Crippen LogP contribution in [0.1, 0.15) is 16.1 Å². The van der Waals surface area contributed by atoms with Crippen LogP contribution in [0.15, 0.2) is 24.3 Å². The highest BCUT2D eigenvalue weighted by Crippen LogP contribution is 2.31. The summed E-state index contributed by atoms with van der Waals surface area (Å²) in [5, 5.41) is 1.08. The van der Waals surface area contributed by atoms with Gasteiger partial charge in [-0.1, -0.05) is 18.2 Å². The minimum Gasteiger partial charge on any atom is -0.375 e. The lowest BCUT2D eigenvalue weighted by atomic mass is 10.1. The second kappa shape index (κ2) is 4.56. The normalized spacial score (nSPS) is 14.6. The topological polar surface area (TPSA) is 48.1 Å². The summed E-state index contributed by atoms with van der Waals surface area (Å²) in [6.07, 6.45) is 0.933. The molecule has 1 aromatic carbocycles. The summed E-state index contributed by atoms with van der Waals surface area (Å²) in [6, 6.07) is 8.28. The van der Waals surface area contributed by atoms with E-state index >= 15 is 0 Å². The molecule has 1 aliphatic rings. The van der Waals surface area contributed by atoms with Crippen LogP contribution in [0.25, 0.3) is 10.6 Å². The van der Waals surface area contributed by atoms with Crippen LogP contribution < -0.4 is 5.73 Å². The number of nitrogens with zero attached hydrogens (tertiary/aromatic N) is 1. The van der Waals surface area contributed by atoms with Crippen molar-refractivity contribution in [3.05, 3.63) is 40.4 Å². The number of benzene rings is 1. The Morgan fingerprint density at radius 1 is 1.41 bits per heavy atom. The number of aromatic nitrogens is 1. The van der Waals surface area contributed by atoms with Gasteiger partial charge in [0.2, 0.25) is 0 Å². The van der Waals surface area contributed by atoms with E-state index in [0.29, 0.717) is 13.2 Å². The maximum absolute atomic E-state index is 5.66. The lowest BCUT2D eigenvalue weighted by Crippen LogP contribution is -2.07. The average Bonchev–Trinajstić information content (AvgIpc) is 2.82. The Morgan fingerprint density at radius 3 is 3.18 bits per heavy atom. The molecule has 0 spiro atoms. The van der Waals surface area contributed by atoms with Gasteiger partial charge in [0.1, 0.15) is 5.01 Å². The van der Waals surface area contributed by atoms with Crippen LogP contribution in [0.2, 0.25) is 0 Å². The largest absolute Gasteiger partial charge is 0.375 e. The fraction of sp³-hybridized carbons (Fsp3) is 0.308. The van der Waals surface area contributed by atoms with E-state index in [1.165, 1.54) is 10.6 Å². The first-order chi connectivity index (χ1) is 8.36. The highest BCUT2D eigenvalue weighted by atomic mass is 32.1. The third kappa shape index (κ3) is 2.11. The highest BCUT2D eigenvalue weighted by molar-refractivity contribution is 7.15. The van der Waals surface area contributed by atoms with Gasteiger partial charge in [0.25, 0.3) is 0 Å². The van der Waals surface area contributed by atoms with Crippen LogP contribution in [0.5, 0.6) is 0 Å². The molecule has 2 aromatic rings. The molecule has 0 saturated heterocycles. The van der Waals surface area contributed by atoms with Gasteiger partial charge in [-0.15, -0.1) is 11.3 Å². The van der Waals surface area contributed by atoms with Gasteiger partial charge in [-0.25, -0.2) is 4.98 Å². The molecule has 3 nitrogen and oxygen atoms in total. The second-order valence-electron chi connectivity index (χ2n) is 4.10. The van der Waals surface area contributed by atoms with Gasteiger partial charge in [0.15, 0.2) is 0 Å². The van der Waals surface area contributed by atoms with E-state index in [1.54, 1.807) is 11.3 Å². The van der Waals surface area contributed by atoms with Crippen molar-refractivity contribution in [3.8, 4) is 10.6 Å². The van der Waals surface area contributed by atoms with Crippen LogP contribution >= 0.6 is 11.3 Å². The lowest BCUT2D eigenvalue weighted by Gasteiger charge is -2.08. The second-order valence-corrected chi connectivity index (χ2v) is 5.18. The predicted molar refractivity (Wildman–Crippen MR) is 68.8 cm³/mol. The number of rotatable bonds is 2. The van der Waals surface area contributed by atoms with Crippen molar-refractivity contribution in [1.29, 1.82) is 0 Å². The van der Waals surface area contributed by atoms with Gasteiger partial charge >= 0.3 is 0 Å². The number of fused-ring (bicyclic) bond motifs is 1. The van der Waals surface area contributed by atoms with Crippen molar-refractivity contribution in [2.24, 2.45) is 5.73 Å². The van der Waals surface area contributed by atoms with Gasteiger partial charge < -0.3 is 10.5 Å². The quantitative estimate of drug-likeness (QED) is 0.884. The summed E-state index contributed by atoms with van der Waals surface area (Å²) >= 11 is 1.73.